The SMILES string of the molecule is CCC(CC#N)C(=O)/C=C(\O)C(CC)CC(C)(C)F. The van der Waals surface area contributed by atoms with Crippen LogP contribution >= 0.6 is 0 Å². The van der Waals surface area contributed by atoms with E-state index in [0.717, 1.165) is 0 Å². The number of nitrogens with zero attached hydrogens (tertiary/aromatic N) is 1. The number of rotatable bonds is 8. The smallest absolute Gasteiger partial charge is 0.163 e. The Balaban J connectivity index is 4.85. The van der Waals surface area contributed by atoms with Gasteiger partial charge >= 0.3 is 0 Å². The molecule has 1 N–H and O–H groups in total. The van der Waals surface area contributed by atoms with Gasteiger partial charge in [0.05, 0.1) is 11.8 Å². The number of carbonyl (C=O) groups is 1. The summed E-state index contributed by atoms with van der Waals surface area (Å²) in [6.45, 7) is 6.58. The Hall–Kier alpha value is -1.37. The molecule has 0 aliphatic rings. The lowest BCUT2D eigenvalue weighted by Gasteiger charge is -2.21. The minimum absolute atomic E-state index is 0.0744. The van der Waals surface area contributed by atoms with E-state index in [1.54, 1.807) is 0 Å². The van der Waals surface area contributed by atoms with Crippen molar-refractivity contribution in [2.75, 3.05) is 0 Å². The lowest BCUT2D eigenvalue weighted by atomic mass is 9.89. The Morgan fingerprint density at radius 2 is 1.89 bits per heavy atom. The maximum absolute atomic E-state index is 13.6. The van der Waals surface area contributed by atoms with Gasteiger partial charge in [-0.25, -0.2) is 4.39 Å². The van der Waals surface area contributed by atoms with Gasteiger partial charge in [-0.05, 0) is 33.1 Å². The van der Waals surface area contributed by atoms with Gasteiger partial charge in [-0.1, -0.05) is 13.8 Å². The first kappa shape index (κ1) is 17.6. The van der Waals surface area contributed by atoms with Gasteiger partial charge in [-0.15, -0.1) is 0 Å². The summed E-state index contributed by atoms with van der Waals surface area (Å²) in [5.41, 5.74) is -1.39. The first-order valence-electron chi connectivity index (χ1n) is 6.75. The number of allylic oxidation sites excluding steroid dienone is 2. The van der Waals surface area contributed by atoms with E-state index >= 15 is 0 Å². The number of aliphatic hydroxyl groups is 1. The molecular formula is C15H24FNO2. The molecule has 2 unspecified atom stereocenters. The van der Waals surface area contributed by atoms with E-state index < -0.39 is 5.67 Å². The molecule has 0 aliphatic carbocycles. The third-order valence-electron chi connectivity index (χ3n) is 3.17. The summed E-state index contributed by atoms with van der Waals surface area (Å²) < 4.78 is 13.6. The average Bonchev–Trinajstić information content (AvgIpc) is 2.31. The third-order valence-corrected chi connectivity index (χ3v) is 3.17. The second-order valence-corrected chi connectivity index (χ2v) is 5.47. The van der Waals surface area contributed by atoms with Crippen LogP contribution in [0.5, 0.6) is 0 Å². The fraction of sp³-hybridized carbons (Fsp3) is 0.733. The summed E-state index contributed by atoms with van der Waals surface area (Å²) >= 11 is 0. The predicted molar refractivity (Wildman–Crippen MR) is 73.3 cm³/mol. The second kappa shape index (κ2) is 7.93. The molecule has 0 aliphatic heterocycles. The highest BCUT2D eigenvalue weighted by Gasteiger charge is 2.25. The minimum Gasteiger partial charge on any atom is -0.512 e. The van der Waals surface area contributed by atoms with Gasteiger partial charge in [0.1, 0.15) is 5.67 Å². The fourth-order valence-electron chi connectivity index (χ4n) is 1.98. The highest BCUT2D eigenvalue weighted by Crippen LogP contribution is 2.27. The number of ketones is 1. The summed E-state index contributed by atoms with van der Waals surface area (Å²) in [5, 5.41) is 18.6. The molecule has 0 radical (unpaired) electrons. The van der Waals surface area contributed by atoms with E-state index in [9.17, 15) is 14.3 Å². The van der Waals surface area contributed by atoms with Crippen molar-refractivity contribution in [3.63, 3.8) is 0 Å². The van der Waals surface area contributed by atoms with Crippen LogP contribution in [0.3, 0.4) is 0 Å². The predicted octanol–water partition coefficient (Wildman–Crippen LogP) is 4.10. The molecule has 0 amide bonds. The van der Waals surface area contributed by atoms with Crippen LogP contribution in [0, 0.1) is 23.2 Å². The zero-order chi connectivity index (χ0) is 15.1. The topological polar surface area (TPSA) is 61.1 Å². The monoisotopic (exact) mass is 269 g/mol. The number of aliphatic hydroxyl groups excluding tert-OH is 1. The summed E-state index contributed by atoms with van der Waals surface area (Å²) in [7, 11) is 0. The minimum atomic E-state index is -1.39. The Kier molecular flexibility index (Phi) is 7.36. The van der Waals surface area contributed by atoms with Crippen LogP contribution in [-0.4, -0.2) is 16.6 Å². The lowest BCUT2D eigenvalue weighted by Crippen LogP contribution is -2.20. The summed E-state index contributed by atoms with van der Waals surface area (Å²) in [5.74, 6) is -1.07. The molecule has 0 bridgehead atoms. The lowest BCUT2D eigenvalue weighted by molar-refractivity contribution is -0.118. The summed E-state index contributed by atoms with van der Waals surface area (Å²) in [4.78, 5) is 11.9. The van der Waals surface area contributed by atoms with Crippen LogP contribution in [0.1, 0.15) is 53.4 Å². The molecule has 108 valence electrons. The number of alkyl halides is 1. The first-order chi connectivity index (χ1) is 8.75. The molecule has 0 aromatic carbocycles. The van der Waals surface area contributed by atoms with E-state index in [2.05, 4.69) is 0 Å². The quantitative estimate of drug-likeness (QED) is 0.533. The Labute approximate surface area is 115 Å². The van der Waals surface area contributed by atoms with E-state index in [1.807, 2.05) is 19.9 Å². The second-order valence-electron chi connectivity index (χ2n) is 5.47. The normalized spacial score (nSPS) is 15.7. The Morgan fingerprint density at radius 3 is 2.26 bits per heavy atom. The third kappa shape index (κ3) is 6.95. The van der Waals surface area contributed by atoms with Gasteiger partial charge < -0.3 is 5.11 Å². The van der Waals surface area contributed by atoms with E-state index in [-0.39, 0.29) is 36.2 Å². The molecule has 0 aromatic heterocycles. The van der Waals surface area contributed by atoms with Crippen LogP contribution in [-0.2, 0) is 4.79 Å². The summed E-state index contributed by atoms with van der Waals surface area (Å²) in [6.07, 6.45) is 2.61. The first-order valence-corrected chi connectivity index (χ1v) is 6.75. The van der Waals surface area contributed by atoms with Crippen molar-refractivity contribution < 1.29 is 14.3 Å². The number of hydrogen-bond donors (Lipinski definition) is 1. The van der Waals surface area contributed by atoms with Crippen molar-refractivity contribution in [3.8, 4) is 6.07 Å². The Bertz CT molecular complexity index is 363. The zero-order valence-electron chi connectivity index (χ0n) is 12.2. The maximum Gasteiger partial charge on any atom is 0.163 e. The van der Waals surface area contributed by atoms with E-state index in [0.29, 0.717) is 12.8 Å². The van der Waals surface area contributed by atoms with E-state index in [1.165, 1.54) is 19.9 Å². The number of halogens is 1. The van der Waals surface area contributed by atoms with Crippen LogP contribution in [0.25, 0.3) is 0 Å². The largest absolute Gasteiger partial charge is 0.512 e. The van der Waals surface area contributed by atoms with Crippen molar-refractivity contribution in [1.82, 2.24) is 0 Å². The van der Waals surface area contributed by atoms with Gasteiger partial charge in [0.2, 0.25) is 0 Å². The average molecular weight is 269 g/mol. The van der Waals surface area contributed by atoms with Crippen molar-refractivity contribution >= 4 is 5.78 Å². The van der Waals surface area contributed by atoms with Crippen molar-refractivity contribution in [3.05, 3.63) is 11.8 Å². The van der Waals surface area contributed by atoms with Crippen molar-refractivity contribution in [1.29, 1.82) is 5.26 Å². The number of nitriles is 1. The molecule has 0 aromatic rings. The molecule has 2 atom stereocenters. The molecule has 0 saturated carbocycles. The highest BCUT2D eigenvalue weighted by molar-refractivity contribution is 5.92. The van der Waals surface area contributed by atoms with Gasteiger partial charge in [0, 0.05) is 24.3 Å². The molecule has 0 spiro atoms. The van der Waals surface area contributed by atoms with Crippen LogP contribution < -0.4 is 0 Å². The van der Waals surface area contributed by atoms with E-state index in [4.69, 9.17) is 5.26 Å². The van der Waals surface area contributed by atoms with Gasteiger partial charge in [0.15, 0.2) is 5.78 Å². The number of carbonyl (C=O) groups excluding carboxylic acids is 1. The van der Waals surface area contributed by atoms with Gasteiger partial charge in [0.25, 0.3) is 0 Å². The van der Waals surface area contributed by atoms with Gasteiger partial charge in [-0.3, -0.25) is 4.79 Å². The highest BCUT2D eigenvalue weighted by atomic mass is 19.1. The molecule has 4 heteroatoms. The molecule has 0 saturated heterocycles. The molecule has 0 fully saturated rings. The van der Waals surface area contributed by atoms with Crippen LogP contribution in [0.2, 0.25) is 0 Å². The number of hydrogen-bond acceptors (Lipinski definition) is 3. The maximum atomic E-state index is 13.6. The molecular weight excluding hydrogens is 245 g/mol. The Morgan fingerprint density at radius 1 is 1.37 bits per heavy atom. The van der Waals surface area contributed by atoms with Crippen molar-refractivity contribution in [2.45, 2.75) is 59.0 Å². The molecule has 0 rings (SSSR count). The van der Waals surface area contributed by atoms with Gasteiger partial charge in [-0.2, -0.15) is 5.26 Å². The summed E-state index contributed by atoms with van der Waals surface area (Å²) in [6, 6.07) is 1.96. The van der Waals surface area contributed by atoms with Crippen LogP contribution in [0.15, 0.2) is 11.8 Å². The molecule has 0 heterocycles. The standard InChI is InChI=1S/C15H24FNO2/c1-5-11(7-8-17)13(18)9-14(19)12(6-2)10-15(3,4)16/h9,11-12,19H,5-7,10H2,1-4H3/b14-9-. The molecule has 19 heavy (non-hydrogen) atoms. The van der Waals surface area contributed by atoms with Crippen molar-refractivity contribution in [2.24, 2.45) is 11.8 Å². The fourth-order valence-corrected chi connectivity index (χ4v) is 1.98. The zero-order valence-corrected chi connectivity index (χ0v) is 12.2. The molecule has 3 nitrogen and oxygen atoms in total. The van der Waals surface area contributed by atoms with Crippen LogP contribution in [0.4, 0.5) is 4.39 Å².